The van der Waals surface area contributed by atoms with Crippen molar-refractivity contribution < 1.29 is 0 Å². The van der Waals surface area contributed by atoms with Gasteiger partial charge in [0.15, 0.2) is 0 Å². The number of rotatable bonds is 3. The maximum atomic E-state index is 2.47. The van der Waals surface area contributed by atoms with Gasteiger partial charge in [-0.2, -0.15) is 0 Å². The second-order valence-electron chi connectivity index (χ2n) is 10.9. The molecule has 0 N–H and O–H groups in total. The summed E-state index contributed by atoms with van der Waals surface area (Å²) in [5, 5.41) is 12.8. The fraction of sp³-hybridized carbons (Fsp3) is 0. The van der Waals surface area contributed by atoms with Crippen molar-refractivity contribution in [2.45, 2.75) is 0 Å². The lowest BCUT2D eigenvalue weighted by Crippen LogP contribution is -2.10. The van der Waals surface area contributed by atoms with Crippen molar-refractivity contribution >= 4 is 91.7 Å². The lowest BCUT2D eigenvalue weighted by molar-refractivity contribution is 1.32. The minimum absolute atomic E-state index is 1.15. The van der Waals surface area contributed by atoms with Crippen molar-refractivity contribution in [3.8, 4) is 0 Å². The molecule has 0 aliphatic heterocycles. The summed E-state index contributed by atoms with van der Waals surface area (Å²) in [5.74, 6) is 0. The van der Waals surface area contributed by atoms with Gasteiger partial charge in [0.2, 0.25) is 0 Å². The molecule has 0 saturated carbocycles. The summed E-state index contributed by atoms with van der Waals surface area (Å²) in [6.07, 6.45) is 0. The van der Waals surface area contributed by atoms with Crippen molar-refractivity contribution in [2.24, 2.45) is 0 Å². The predicted octanol–water partition coefficient (Wildman–Crippen LogP) is 12.1. The normalized spacial score (nSPS) is 11.8. The summed E-state index contributed by atoms with van der Waals surface area (Å²) in [4.78, 5) is 2.47. The van der Waals surface area contributed by atoms with Crippen LogP contribution in [-0.2, 0) is 0 Å². The maximum Gasteiger partial charge on any atom is 0.0640 e. The van der Waals surface area contributed by atoms with Crippen LogP contribution in [0, 0.1) is 0 Å². The van der Waals surface area contributed by atoms with Gasteiger partial charge in [0, 0.05) is 26.5 Å². The van der Waals surface area contributed by atoms with Gasteiger partial charge in [0.05, 0.1) is 16.1 Å². The molecule has 1 aromatic heterocycles. The Balaban J connectivity index is 1.44. The third-order valence-corrected chi connectivity index (χ3v) is 9.81. The molecule has 9 rings (SSSR count). The summed E-state index contributed by atoms with van der Waals surface area (Å²) in [6, 6.07) is 55.5. The molecule has 0 saturated heterocycles. The van der Waals surface area contributed by atoms with Crippen molar-refractivity contribution in [1.29, 1.82) is 0 Å². The van der Waals surface area contributed by atoms with Gasteiger partial charge in [0.1, 0.15) is 0 Å². The average molecular weight is 552 g/mol. The molecule has 0 atom stereocenters. The molecule has 0 amide bonds. The van der Waals surface area contributed by atoms with Crippen LogP contribution in [0.3, 0.4) is 0 Å². The monoisotopic (exact) mass is 551 g/mol. The Morgan fingerprint density at radius 2 is 1.05 bits per heavy atom. The highest BCUT2D eigenvalue weighted by Crippen LogP contribution is 2.48. The number of benzene rings is 8. The first-order valence-corrected chi connectivity index (χ1v) is 15.2. The molecule has 0 aliphatic carbocycles. The van der Waals surface area contributed by atoms with E-state index in [1.807, 2.05) is 11.3 Å². The molecule has 2 heteroatoms. The van der Waals surface area contributed by atoms with Gasteiger partial charge in [-0.15, -0.1) is 11.3 Å². The number of anilines is 3. The molecule has 196 valence electrons. The van der Waals surface area contributed by atoms with Crippen LogP contribution in [0.15, 0.2) is 152 Å². The lowest BCUT2D eigenvalue weighted by Gasteiger charge is -2.28. The largest absolute Gasteiger partial charge is 0.308 e. The minimum Gasteiger partial charge on any atom is -0.308 e. The summed E-state index contributed by atoms with van der Waals surface area (Å²) in [6.45, 7) is 0. The van der Waals surface area contributed by atoms with Crippen LogP contribution in [0.5, 0.6) is 0 Å². The summed E-state index contributed by atoms with van der Waals surface area (Å²) >= 11 is 1.88. The van der Waals surface area contributed by atoms with Crippen molar-refractivity contribution in [3.63, 3.8) is 0 Å². The molecule has 0 aliphatic rings. The minimum atomic E-state index is 1.15. The van der Waals surface area contributed by atoms with Crippen LogP contribution >= 0.6 is 11.3 Å². The molecule has 0 radical (unpaired) electrons. The second kappa shape index (κ2) is 9.17. The number of thiophene rings is 1. The Kier molecular flexibility index (Phi) is 5.13. The molecule has 0 bridgehead atoms. The zero-order valence-electron chi connectivity index (χ0n) is 22.8. The zero-order valence-corrected chi connectivity index (χ0v) is 23.6. The van der Waals surface area contributed by atoms with Gasteiger partial charge in [0.25, 0.3) is 0 Å². The van der Waals surface area contributed by atoms with E-state index in [0.29, 0.717) is 0 Å². The number of fused-ring (bicyclic) bond motifs is 10. The fourth-order valence-corrected chi connectivity index (χ4v) is 7.95. The maximum absolute atomic E-state index is 2.47. The molecule has 1 nitrogen and oxygen atoms in total. The number of para-hydroxylation sites is 1. The third kappa shape index (κ3) is 3.43. The first kappa shape index (κ1) is 23.5. The quantitative estimate of drug-likeness (QED) is 0.197. The summed E-state index contributed by atoms with van der Waals surface area (Å²) in [7, 11) is 0. The SMILES string of the molecule is c1ccc(N(c2cc3ccccc3c3c2ccc2c4ccccc4ccc23)c2cccc3c2sc2ccccc23)cc1. The van der Waals surface area contributed by atoms with Gasteiger partial charge in [-0.25, -0.2) is 0 Å². The second-order valence-corrected chi connectivity index (χ2v) is 12.0. The van der Waals surface area contributed by atoms with Gasteiger partial charge >= 0.3 is 0 Å². The number of hydrogen-bond acceptors (Lipinski definition) is 2. The highest BCUT2D eigenvalue weighted by atomic mass is 32.1. The van der Waals surface area contributed by atoms with E-state index in [-0.39, 0.29) is 0 Å². The van der Waals surface area contributed by atoms with E-state index in [4.69, 9.17) is 0 Å². The molecule has 0 unspecified atom stereocenters. The molecule has 0 spiro atoms. The lowest BCUT2D eigenvalue weighted by atomic mass is 9.92. The van der Waals surface area contributed by atoms with Crippen LogP contribution in [0.1, 0.15) is 0 Å². The Bertz CT molecular complexity index is 2470. The molecular weight excluding hydrogens is 527 g/mol. The van der Waals surface area contributed by atoms with Gasteiger partial charge in [-0.1, -0.05) is 121 Å². The first-order chi connectivity index (χ1) is 20.8. The third-order valence-electron chi connectivity index (χ3n) is 8.60. The Morgan fingerprint density at radius 3 is 1.93 bits per heavy atom. The highest BCUT2D eigenvalue weighted by molar-refractivity contribution is 7.26. The number of hydrogen-bond donors (Lipinski definition) is 0. The smallest absolute Gasteiger partial charge is 0.0640 e. The summed E-state index contributed by atoms with van der Waals surface area (Å²) < 4.78 is 2.62. The van der Waals surface area contributed by atoms with E-state index >= 15 is 0 Å². The molecule has 0 fully saturated rings. The standard InChI is InChI=1S/C40H25NS/c1-2-13-28(14-3-1)41(36-19-10-18-34-32-17-8-9-20-38(32)42-40(34)36)37-25-27-12-5-7-16-30(27)39-33-22-21-26-11-4-6-15-29(26)31(33)23-24-35(37)39/h1-25H. The highest BCUT2D eigenvalue weighted by Gasteiger charge is 2.21. The average Bonchev–Trinajstić information content (AvgIpc) is 3.44. The van der Waals surface area contributed by atoms with E-state index in [1.54, 1.807) is 0 Å². The van der Waals surface area contributed by atoms with Crippen LogP contribution in [0.25, 0.3) is 63.3 Å². The van der Waals surface area contributed by atoms with Crippen molar-refractivity contribution in [1.82, 2.24) is 0 Å². The van der Waals surface area contributed by atoms with Crippen LogP contribution in [0.2, 0.25) is 0 Å². The Labute approximate surface area is 247 Å². The molecule has 42 heavy (non-hydrogen) atoms. The van der Waals surface area contributed by atoms with E-state index in [2.05, 4.69) is 157 Å². The van der Waals surface area contributed by atoms with Crippen molar-refractivity contribution in [2.75, 3.05) is 4.90 Å². The topological polar surface area (TPSA) is 3.24 Å². The Morgan fingerprint density at radius 1 is 0.381 bits per heavy atom. The van der Waals surface area contributed by atoms with E-state index < -0.39 is 0 Å². The summed E-state index contributed by atoms with van der Waals surface area (Å²) in [5.41, 5.74) is 3.54. The fourth-order valence-electron chi connectivity index (χ4n) is 6.75. The molecular formula is C40H25NS. The molecule has 9 aromatic rings. The van der Waals surface area contributed by atoms with Gasteiger partial charge < -0.3 is 4.90 Å². The molecule has 8 aromatic carbocycles. The Hall–Kier alpha value is -5.18. The van der Waals surface area contributed by atoms with Gasteiger partial charge in [-0.05, 0) is 68.0 Å². The van der Waals surface area contributed by atoms with E-state index in [1.165, 1.54) is 74.6 Å². The zero-order chi connectivity index (χ0) is 27.6. The van der Waals surface area contributed by atoms with Gasteiger partial charge in [-0.3, -0.25) is 0 Å². The van der Waals surface area contributed by atoms with Crippen LogP contribution in [0.4, 0.5) is 17.1 Å². The van der Waals surface area contributed by atoms with Crippen LogP contribution < -0.4 is 4.90 Å². The molecule has 1 heterocycles. The predicted molar refractivity (Wildman–Crippen MR) is 184 cm³/mol. The van der Waals surface area contributed by atoms with E-state index in [9.17, 15) is 0 Å². The van der Waals surface area contributed by atoms with E-state index in [0.717, 1.165) is 5.69 Å². The first-order valence-electron chi connectivity index (χ1n) is 14.4. The van der Waals surface area contributed by atoms with Crippen LogP contribution in [-0.4, -0.2) is 0 Å². The number of nitrogens with zero attached hydrogens (tertiary/aromatic N) is 1. The van der Waals surface area contributed by atoms with Crippen molar-refractivity contribution in [3.05, 3.63) is 152 Å².